The third-order valence-corrected chi connectivity index (χ3v) is 6.28. The first-order valence-electron chi connectivity index (χ1n) is 11.3. The lowest BCUT2D eigenvalue weighted by Crippen LogP contribution is -2.19. The number of hydrogen-bond acceptors (Lipinski definition) is 7. The Labute approximate surface area is 212 Å². The summed E-state index contributed by atoms with van der Waals surface area (Å²) < 4.78 is 17.2. The Kier molecular flexibility index (Phi) is 7.14. The van der Waals surface area contributed by atoms with Crippen LogP contribution in [0.4, 0.5) is 0 Å². The van der Waals surface area contributed by atoms with Crippen molar-refractivity contribution in [3.8, 4) is 11.5 Å². The van der Waals surface area contributed by atoms with Crippen LogP contribution >= 0.6 is 11.8 Å². The van der Waals surface area contributed by atoms with Crippen molar-refractivity contribution in [3.05, 3.63) is 96.1 Å². The van der Waals surface area contributed by atoms with Crippen LogP contribution in [0.3, 0.4) is 0 Å². The SMILES string of the molecule is COc1ccc(/C=N\NC(=O)CSc2nc3ccccc3o2)cc1OCc1cccc2ccccc12. The summed E-state index contributed by atoms with van der Waals surface area (Å²) in [6.07, 6.45) is 1.56. The maximum Gasteiger partial charge on any atom is 0.257 e. The fraction of sp³-hybridized carbons (Fsp3) is 0.107. The second kappa shape index (κ2) is 11.0. The van der Waals surface area contributed by atoms with Crippen LogP contribution in [0.2, 0.25) is 0 Å². The molecule has 7 nitrogen and oxygen atoms in total. The fourth-order valence-corrected chi connectivity index (χ4v) is 4.34. The number of thioether (sulfide) groups is 1. The summed E-state index contributed by atoms with van der Waals surface area (Å²) >= 11 is 1.21. The Balaban J connectivity index is 1.19. The molecule has 180 valence electrons. The number of carbonyl (C=O) groups excluding carboxylic acids is 1. The van der Waals surface area contributed by atoms with Crippen LogP contribution in [0.5, 0.6) is 11.5 Å². The molecule has 4 aromatic carbocycles. The fourth-order valence-electron chi connectivity index (χ4n) is 3.71. The molecule has 0 aliphatic rings. The van der Waals surface area contributed by atoms with E-state index in [2.05, 4.69) is 39.8 Å². The van der Waals surface area contributed by atoms with Crippen molar-refractivity contribution in [3.63, 3.8) is 0 Å². The van der Waals surface area contributed by atoms with E-state index >= 15 is 0 Å². The van der Waals surface area contributed by atoms with Gasteiger partial charge in [-0.25, -0.2) is 10.4 Å². The molecule has 0 unspecified atom stereocenters. The van der Waals surface area contributed by atoms with Crippen molar-refractivity contribution in [2.45, 2.75) is 11.8 Å². The highest BCUT2D eigenvalue weighted by molar-refractivity contribution is 7.99. The van der Waals surface area contributed by atoms with Crippen LogP contribution in [0.1, 0.15) is 11.1 Å². The van der Waals surface area contributed by atoms with Crippen molar-refractivity contribution in [2.24, 2.45) is 5.10 Å². The lowest BCUT2D eigenvalue weighted by Gasteiger charge is -2.13. The second-order valence-electron chi connectivity index (χ2n) is 7.87. The van der Waals surface area contributed by atoms with Gasteiger partial charge in [-0.3, -0.25) is 4.79 Å². The number of hydrogen-bond donors (Lipinski definition) is 1. The van der Waals surface area contributed by atoms with Crippen molar-refractivity contribution < 1.29 is 18.7 Å². The lowest BCUT2D eigenvalue weighted by molar-refractivity contribution is -0.118. The normalized spacial score (nSPS) is 11.2. The summed E-state index contributed by atoms with van der Waals surface area (Å²) in [6, 6.07) is 27.3. The molecule has 0 saturated carbocycles. The molecule has 1 heterocycles. The molecule has 1 amide bonds. The number of nitrogens with zero attached hydrogens (tertiary/aromatic N) is 2. The quantitative estimate of drug-likeness (QED) is 0.157. The summed E-state index contributed by atoms with van der Waals surface area (Å²) in [5, 5.41) is 6.82. The Bertz CT molecular complexity index is 1510. The minimum Gasteiger partial charge on any atom is -0.493 e. The Morgan fingerprint density at radius 3 is 2.75 bits per heavy atom. The molecule has 5 aromatic rings. The zero-order valence-electron chi connectivity index (χ0n) is 19.5. The third kappa shape index (κ3) is 5.50. The van der Waals surface area contributed by atoms with E-state index in [9.17, 15) is 4.79 Å². The molecule has 8 heteroatoms. The summed E-state index contributed by atoms with van der Waals surface area (Å²) in [5.41, 5.74) is 5.82. The van der Waals surface area contributed by atoms with Crippen LogP contribution in [-0.4, -0.2) is 30.0 Å². The van der Waals surface area contributed by atoms with E-state index in [0.29, 0.717) is 28.9 Å². The van der Waals surface area contributed by atoms with Gasteiger partial charge in [-0.05, 0) is 52.2 Å². The van der Waals surface area contributed by atoms with Gasteiger partial charge >= 0.3 is 0 Å². The molecule has 0 spiro atoms. The van der Waals surface area contributed by atoms with E-state index in [1.165, 1.54) is 11.8 Å². The minimum absolute atomic E-state index is 0.131. The number of rotatable bonds is 9. The molecule has 1 aromatic heterocycles. The maximum atomic E-state index is 12.2. The monoisotopic (exact) mass is 497 g/mol. The summed E-state index contributed by atoms with van der Waals surface area (Å²) in [7, 11) is 1.60. The molecule has 0 atom stereocenters. The number of oxazole rings is 1. The number of amides is 1. The standard InChI is InChI=1S/C28H23N3O4S/c1-33-25-14-13-19(15-26(25)34-17-21-9-6-8-20-7-2-3-10-22(20)21)16-29-31-27(32)18-36-28-30-23-11-4-5-12-24(23)35-28/h2-16H,17-18H2,1H3,(H,31,32)/b29-16-. The number of nitrogens with one attached hydrogen (secondary N) is 1. The van der Waals surface area contributed by atoms with Crippen LogP contribution < -0.4 is 14.9 Å². The van der Waals surface area contributed by atoms with Crippen LogP contribution in [0.15, 0.2) is 99.7 Å². The van der Waals surface area contributed by atoms with E-state index in [0.717, 1.165) is 27.4 Å². The molecule has 0 fully saturated rings. The largest absolute Gasteiger partial charge is 0.493 e. The molecule has 0 radical (unpaired) electrons. The van der Waals surface area contributed by atoms with Crippen molar-refractivity contribution in [2.75, 3.05) is 12.9 Å². The number of fused-ring (bicyclic) bond motifs is 2. The molecule has 1 N–H and O–H groups in total. The summed E-state index contributed by atoms with van der Waals surface area (Å²) in [4.78, 5) is 16.5. The highest BCUT2D eigenvalue weighted by Crippen LogP contribution is 2.29. The number of hydrazone groups is 1. The molecule has 0 aliphatic heterocycles. The number of methoxy groups -OCH3 is 1. The molecule has 5 rings (SSSR count). The number of benzene rings is 4. The highest BCUT2D eigenvalue weighted by Gasteiger charge is 2.10. The van der Waals surface area contributed by atoms with Gasteiger partial charge in [0.25, 0.3) is 11.1 Å². The van der Waals surface area contributed by atoms with E-state index < -0.39 is 0 Å². The van der Waals surface area contributed by atoms with Gasteiger partial charge in [-0.15, -0.1) is 0 Å². The predicted octanol–water partition coefficient (Wildman–Crippen LogP) is 5.81. The first kappa shape index (κ1) is 23.4. The van der Waals surface area contributed by atoms with Gasteiger partial charge in [-0.1, -0.05) is 66.4 Å². The number of carbonyl (C=O) groups is 1. The van der Waals surface area contributed by atoms with Crippen molar-refractivity contribution in [1.82, 2.24) is 10.4 Å². The van der Waals surface area contributed by atoms with E-state index in [-0.39, 0.29) is 11.7 Å². The second-order valence-corrected chi connectivity index (χ2v) is 8.79. The van der Waals surface area contributed by atoms with Crippen LogP contribution in [0.25, 0.3) is 21.9 Å². The van der Waals surface area contributed by atoms with Crippen LogP contribution in [-0.2, 0) is 11.4 Å². The average Bonchev–Trinajstić information content (AvgIpc) is 3.34. The third-order valence-electron chi connectivity index (χ3n) is 5.45. The number of ether oxygens (including phenoxy) is 2. The average molecular weight is 498 g/mol. The zero-order chi connectivity index (χ0) is 24.7. The Morgan fingerprint density at radius 2 is 1.86 bits per heavy atom. The highest BCUT2D eigenvalue weighted by atomic mass is 32.2. The van der Waals surface area contributed by atoms with Gasteiger partial charge < -0.3 is 13.9 Å². The van der Waals surface area contributed by atoms with Gasteiger partial charge in [0.15, 0.2) is 17.1 Å². The Morgan fingerprint density at radius 1 is 1.03 bits per heavy atom. The van der Waals surface area contributed by atoms with Gasteiger partial charge in [0, 0.05) is 0 Å². The summed E-state index contributed by atoms with van der Waals surface area (Å²) in [5.74, 6) is 1.07. The van der Waals surface area contributed by atoms with Gasteiger partial charge in [-0.2, -0.15) is 5.10 Å². The summed E-state index contributed by atoms with van der Waals surface area (Å²) in [6.45, 7) is 0.391. The maximum absolute atomic E-state index is 12.2. The lowest BCUT2D eigenvalue weighted by atomic mass is 10.1. The Hall–Kier alpha value is -4.30. The molecular formula is C28H23N3O4S. The first-order chi connectivity index (χ1) is 17.7. The van der Waals surface area contributed by atoms with Gasteiger partial charge in [0.05, 0.1) is 19.1 Å². The van der Waals surface area contributed by atoms with Gasteiger partial charge in [0.2, 0.25) is 0 Å². The predicted molar refractivity (Wildman–Crippen MR) is 142 cm³/mol. The van der Waals surface area contributed by atoms with Crippen molar-refractivity contribution >= 4 is 45.8 Å². The molecular weight excluding hydrogens is 474 g/mol. The molecule has 0 saturated heterocycles. The van der Waals surface area contributed by atoms with Gasteiger partial charge in [0.1, 0.15) is 12.1 Å². The van der Waals surface area contributed by atoms with Crippen LogP contribution in [0, 0.1) is 0 Å². The molecule has 0 bridgehead atoms. The van der Waals surface area contributed by atoms with Crippen molar-refractivity contribution in [1.29, 1.82) is 0 Å². The zero-order valence-corrected chi connectivity index (χ0v) is 20.3. The van der Waals surface area contributed by atoms with E-state index in [4.69, 9.17) is 13.9 Å². The van der Waals surface area contributed by atoms with E-state index in [1.54, 1.807) is 13.3 Å². The smallest absolute Gasteiger partial charge is 0.257 e. The number of aromatic nitrogens is 1. The minimum atomic E-state index is -0.264. The first-order valence-corrected chi connectivity index (χ1v) is 12.3. The molecule has 0 aliphatic carbocycles. The molecule has 36 heavy (non-hydrogen) atoms. The number of para-hydroxylation sites is 2. The van der Waals surface area contributed by atoms with E-state index in [1.807, 2.05) is 60.7 Å². The topological polar surface area (TPSA) is 86.0 Å².